The third-order valence-corrected chi connectivity index (χ3v) is 4.03. The van der Waals surface area contributed by atoms with Gasteiger partial charge in [0, 0.05) is 17.0 Å². The molecule has 2 aromatic rings. The number of para-hydroxylation sites is 1. The summed E-state index contributed by atoms with van der Waals surface area (Å²) in [6.45, 7) is 2.26. The van der Waals surface area contributed by atoms with Crippen LogP contribution in [-0.2, 0) is 0 Å². The summed E-state index contributed by atoms with van der Waals surface area (Å²) in [6, 6.07) is 8.24. The molecule has 2 heteroatoms. The summed E-state index contributed by atoms with van der Waals surface area (Å²) in [5, 5.41) is 1.17. The standard InChI is InChI=1S/C18H27NO/c1-2-3-4-5-6-7-8-12-17(19)16-14-20-18-13-10-9-11-15(16)18/h9-11,13-14,17H,2-8,12,19H2,1H3. The van der Waals surface area contributed by atoms with Gasteiger partial charge >= 0.3 is 0 Å². The Bertz CT molecular complexity index is 503. The van der Waals surface area contributed by atoms with Gasteiger partial charge in [-0.3, -0.25) is 0 Å². The summed E-state index contributed by atoms with van der Waals surface area (Å²) in [5.74, 6) is 0. The molecule has 0 saturated heterocycles. The molecule has 20 heavy (non-hydrogen) atoms. The Morgan fingerprint density at radius 3 is 2.50 bits per heavy atom. The van der Waals surface area contributed by atoms with Crippen molar-refractivity contribution in [2.24, 2.45) is 5.73 Å². The highest BCUT2D eigenvalue weighted by Crippen LogP contribution is 2.27. The largest absolute Gasteiger partial charge is 0.464 e. The number of hydrogen-bond donors (Lipinski definition) is 1. The van der Waals surface area contributed by atoms with E-state index in [1.807, 2.05) is 24.5 Å². The second-order valence-corrected chi connectivity index (χ2v) is 5.70. The van der Waals surface area contributed by atoms with Crippen molar-refractivity contribution in [1.29, 1.82) is 0 Å². The maximum absolute atomic E-state index is 6.31. The predicted molar refractivity (Wildman–Crippen MR) is 85.8 cm³/mol. The number of hydrogen-bond acceptors (Lipinski definition) is 2. The summed E-state index contributed by atoms with van der Waals surface area (Å²) in [7, 11) is 0. The first-order chi connectivity index (χ1) is 9.83. The Balaban J connectivity index is 1.73. The fraction of sp³-hybridized carbons (Fsp3) is 0.556. The van der Waals surface area contributed by atoms with Gasteiger partial charge in [-0.05, 0) is 12.5 Å². The lowest BCUT2D eigenvalue weighted by Gasteiger charge is -2.10. The van der Waals surface area contributed by atoms with Crippen LogP contribution in [0, 0.1) is 0 Å². The second-order valence-electron chi connectivity index (χ2n) is 5.70. The molecule has 0 radical (unpaired) electrons. The minimum Gasteiger partial charge on any atom is -0.464 e. The number of nitrogens with two attached hydrogens (primary N) is 1. The molecule has 1 aromatic heterocycles. The molecular weight excluding hydrogens is 246 g/mol. The Hall–Kier alpha value is -1.28. The summed E-state index contributed by atoms with van der Waals surface area (Å²) < 4.78 is 5.56. The normalized spacial score (nSPS) is 12.9. The summed E-state index contributed by atoms with van der Waals surface area (Å²) in [6.07, 6.45) is 12.2. The van der Waals surface area contributed by atoms with E-state index in [-0.39, 0.29) is 6.04 Å². The van der Waals surface area contributed by atoms with Crippen molar-refractivity contribution in [2.45, 2.75) is 64.3 Å². The molecule has 0 spiro atoms. The van der Waals surface area contributed by atoms with Gasteiger partial charge in [0.2, 0.25) is 0 Å². The number of rotatable bonds is 9. The van der Waals surface area contributed by atoms with Gasteiger partial charge in [-0.1, -0.05) is 70.1 Å². The van der Waals surface area contributed by atoms with Gasteiger partial charge in [-0.25, -0.2) is 0 Å². The maximum atomic E-state index is 6.31. The van der Waals surface area contributed by atoms with E-state index in [0.717, 1.165) is 17.6 Å². The van der Waals surface area contributed by atoms with Crippen LogP contribution in [0.15, 0.2) is 34.9 Å². The van der Waals surface area contributed by atoms with Crippen molar-refractivity contribution in [3.8, 4) is 0 Å². The molecule has 1 unspecified atom stereocenters. The number of benzene rings is 1. The molecule has 0 aliphatic heterocycles. The summed E-state index contributed by atoms with van der Waals surface area (Å²) >= 11 is 0. The van der Waals surface area contributed by atoms with Crippen LogP contribution in [0.1, 0.15) is 69.9 Å². The molecule has 2 nitrogen and oxygen atoms in total. The van der Waals surface area contributed by atoms with E-state index in [4.69, 9.17) is 10.2 Å². The molecule has 2 rings (SSSR count). The Morgan fingerprint density at radius 2 is 1.70 bits per heavy atom. The highest BCUT2D eigenvalue weighted by molar-refractivity contribution is 5.81. The first kappa shape index (κ1) is 15.1. The zero-order valence-electron chi connectivity index (χ0n) is 12.6. The smallest absolute Gasteiger partial charge is 0.134 e. The van der Waals surface area contributed by atoms with Crippen LogP contribution in [0.5, 0.6) is 0 Å². The Morgan fingerprint density at radius 1 is 1.00 bits per heavy atom. The molecular formula is C18H27NO. The molecule has 1 heterocycles. The van der Waals surface area contributed by atoms with Crippen LogP contribution >= 0.6 is 0 Å². The van der Waals surface area contributed by atoms with Crippen LogP contribution in [0.4, 0.5) is 0 Å². The summed E-state index contributed by atoms with van der Waals surface area (Å²) in [4.78, 5) is 0. The third kappa shape index (κ3) is 4.11. The van der Waals surface area contributed by atoms with Crippen molar-refractivity contribution >= 4 is 11.0 Å². The number of furan rings is 1. The third-order valence-electron chi connectivity index (χ3n) is 4.03. The number of fused-ring (bicyclic) bond motifs is 1. The SMILES string of the molecule is CCCCCCCCCC(N)c1coc2ccccc12. The van der Waals surface area contributed by atoms with Gasteiger partial charge in [-0.15, -0.1) is 0 Å². The van der Waals surface area contributed by atoms with E-state index < -0.39 is 0 Å². The lowest BCUT2D eigenvalue weighted by Crippen LogP contribution is -2.09. The highest BCUT2D eigenvalue weighted by atomic mass is 16.3. The molecule has 0 amide bonds. The Labute approximate surface area is 122 Å². The number of unbranched alkanes of at least 4 members (excludes halogenated alkanes) is 6. The van der Waals surface area contributed by atoms with Crippen LogP contribution < -0.4 is 5.73 Å². The fourth-order valence-electron chi connectivity index (χ4n) is 2.76. The van der Waals surface area contributed by atoms with Gasteiger partial charge in [-0.2, -0.15) is 0 Å². The molecule has 110 valence electrons. The van der Waals surface area contributed by atoms with Gasteiger partial charge in [0.1, 0.15) is 5.58 Å². The molecule has 0 bridgehead atoms. The van der Waals surface area contributed by atoms with Gasteiger partial charge < -0.3 is 10.2 Å². The van der Waals surface area contributed by atoms with Crippen molar-refractivity contribution in [1.82, 2.24) is 0 Å². The van der Waals surface area contributed by atoms with Gasteiger partial charge in [0.05, 0.1) is 6.26 Å². The molecule has 0 aliphatic carbocycles. The van der Waals surface area contributed by atoms with Gasteiger partial charge in [0.25, 0.3) is 0 Å². The average molecular weight is 273 g/mol. The molecule has 0 aliphatic rings. The monoisotopic (exact) mass is 273 g/mol. The van der Waals surface area contributed by atoms with Crippen molar-refractivity contribution in [3.05, 3.63) is 36.1 Å². The van der Waals surface area contributed by atoms with Crippen LogP contribution in [0.3, 0.4) is 0 Å². The van der Waals surface area contributed by atoms with Crippen LogP contribution in [0.25, 0.3) is 11.0 Å². The van der Waals surface area contributed by atoms with E-state index in [1.165, 1.54) is 50.3 Å². The molecule has 2 N–H and O–H groups in total. The van der Waals surface area contributed by atoms with E-state index in [2.05, 4.69) is 13.0 Å². The lowest BCUT2D eigenvalue weighted by atomic mass is 10.00. The predicted octanol–water partition coefficient (Wildman–Crippen LogP) is 5.57. The fourth-order valence-corrected chi connectivity index (χ4v) is 2.76. The summed E-state index contributed by atoms with van der Waals surface area (Å²) in [5.41, 5.74) is 8.41. The minimum absolute atomic E-state index is 0.106. The average Bonchev–Trinajstić information content (AvgIpc) is 2.90. The molecule has 0 saturated carbocycles. The van der Waals surface area contributed by atoms with Crippen molar-refractivity contribution in [2.75, 3.05) is 0 Å². The molecule has 1 atom stereocenters. The lowest BCUT2D eigenvalue weighted by molar-refractivity contribution is 0.535. The Kier molecular flexibility index (Phi) is 6.13. The highest BCUT2D eigenvalue weighted by Gasteiger charge is 2.12. The first-order valence-corrected chi connectivity index (χ1v) is 8.04. The maximum Gasteiger partial charge on any atom is 0.134 e. The topological polar surface area (TPSA) is 39.2 Å². The van der Waals surface area contributed by atoms with Crippen LogP contribution in [0.2, 0.25) is 0 Å². The van der Waals surface area contributed by atoms with E-state index in [0.29, 0.717) is 0 Å². The van der Waals surface area contributed by atoms with E-state index >= 15 is 0 Å². The van der Waals surface area contributed by atoms with Crippen LogP contribution in [-0.4, -0.2) is 0 Å². The van der Waals surface area contributed by atoms with E-state index in [9.17, 15) is 0 Å². The zero-order chi connectivity index (χ0) is 14.2. The first-order valence-electron chi connectivity index (χ1n) is 8.04. The zero-order valence-corrected chi connectivity index (χ0v) is 12.6. The second kappa shape index (κ2) is 8.11. The van der Waals surface area contributed by atoms with Gasteiger partial charge in [0.15, 0.2) is 0 Å². The quantitative estimate of drug-likeness (QED) is 0.606. The van der Waals surface area contributed by atoms with E-state index in [1.54, 1.807) is 0 Å². The minimum atomic E-state index is 0.106. The van der Waals surface area contributed by atoms with Crippen molar-refractivity contribution < 1.29 is 4.42 Å². The molecule has 0 fully saturated rings. The van der Waals surface area contributed by atoms with Crippen molar-refractivity contribution in [3.63, 3.8) is 0 Å². The molecule has 1 aromatic carbocycles.